The van der Waals surface area contributed by atoms with Crippen molar-refractivity contribution in [2.24, 2.45) is 16.8 Å². The van der Waals surface area contributed by atoms with Gasteiger partial charge in [0.1, 0.15) is 5.75 Å². The first kappa shape index (κ1) is 17.7. The van der Waals surface area contributed by atoms with E-state index in [2.05, 4.69) is 29.3 Å². The number of benzene rings is 1. The number of nitrogens with one attached hydrogen (secondary N) is 1. The topological polar surface area (TPSA) is 92.8 Å². The van der Waals surface area contributed by atoms with E-state index in [1.807, 2.05) is 24.3 Å². The molecule has 0 radical (unpaired) electrons. The first-order valence-electron chi connectivity index (χ1n) is 8.00. The summed E-state index contributed by atoms with van der Waals surface area (Å²) in [6, 6.07) is 11.3. The van der Waals surface area contributed by atoms with Crippen LogP contribution < -0.4 is 15.8 Å². The molecule has 0 fully saturated rings. The van der Waals surface area contributed by atoms with Crippen molar-refractivity contribution in [3.63, 3.8) is 0 Å². The fourth-order valence-corrected chi connectivity index (χ4v) is 2.07. The van der Waals surface area contributed by atoms with Gasteiger partial charge in [0.25, 0.3) is 0 Å². The van der Waals surface area contributed by atoms with Gasteiger partial charge in [-0.15, -0.1) is 0 Å². The fraction of sp³-hybridized carbons (Fsp3) is 0.333. The van der Waals surface area contributed by atoms with E-state index in [4.69, 9.17) is 15.7 Å². The molecule has 0 saturated heterocycles. The lowest BCUT2D eigenvalue weighted by molar-refractivity contribution is 0.318. The molecule has 0 aliphatic rings. The predicted octanol–water partition coefficient (Wildman–Crippen LogP) is 3.10. The highest BCUT2D eigenvalue weighted by molar-refractivity contribution is 5.96. The number of rotatable bonds is 8. The van der Waals surface area contributed by atoms with Gasteiger partial charge in [0.15, 0.2) is 5.84 Å². The Hall–Kier alpha value is -2.60. The minimum Gasteiger partial charge on any atom is -0.439 e. The highest BCUT2D eigenvalue weighted by atomic mass is 16.5. The second-order valence-corrected chi connectivity index (χ2v) is 5.98. The number of nitrogens with zero attached hydrogens (tertiary/aromatic N) is 2. The van der Waals surface area contributed by atoms with E-state index in [1.54, 1.807) is 12.1 Å². The van der Waals surface area contributed by atoms with E-state index < -0.39 is 0 Å². The number of hydrogen-bond acceptors (Lipinski definition) is 5. The van der Waals surface area contributed by atoms with Gasteiger partial charge in [-0.3, -0.25) is 0 Å². The molecule has 0 aliphatic heterocycles. The SMILES string of the molecule is CC(C)CCNCc1ccc(Oc2ccc(/C(N)=N/O)cn2)cc1. The molecular weight excluding hydrogens is 304 g/mol. The Bertz CT molecular complexity index is 652. The minimum absolute atomic E-state index is 0.0170. The third-order valence-electron chi connectivity index (χ3n) is 3.51. The van der Waals surface area contributed by atoms with Crippen LogP contribution in [0, 0.1) is 5.92 Å². The first-order valence-corrected chi connectivity index (χ1v) is 8.00. The Morgan fingerprint density at radius 1 is 1.25 bits per heavy atom. The van der Waals surface area contributed by atoms with Gasteiger partial charge in [-0.05, 0) is 42.6 Å². The van der Waals surface area contributed by atoms with E-state index in [0.29, 0.717) is 23.1 Å². The van der Waals surface area contributed by atoms with Crippen LogP contribution in [0.4, 0.5) is 0 Å². The summed E-state index contributed by atoms with van der Waals surface area (Å²) >= 11 is 0. The zero-order valence-electron chi connectivity index (χ0n) is 14.1. The summed E-state index contributed by atoms with van der Waals surface area (Å²) in [5.41, 5.74) is 7.24. The molecule has 0 amide bonds. The third kappa shape index (κ3) is 5.55. The molecule has 1 aromatic heterocycles. The second kappa shape index (κ2) is 8.88. The highest BCUT2D eigenvalue weighted by Crippen LogP contribution is 2.20. The third-order valence-corrected chi connectivity index (χ3v) is 3.51. The van der Waals surface area contributed by atoms with Crippen molar-refractivity contribution in [2.75, 3.05) is 6.54 Å². The van der Waals surface area contributed by atoms with Crippen molar-refractivity contribution in [3.8, 4) is 11.6 Å². The maximum atomic E-state index is 8.62. The lowest BCUT2D eigenvalue weighted by Crippen LogP contribution is -2.16. The minimum atomic E-state index is 0.0170. The number of aromatic nitrogens is 1. The van der Waals surface area contributed by atoms with Crippen LogP contribution in [0.15, 0.2) is 47.8 Å². The first-order chi connectivity index (χ1) is 11.6. The molecule has 1 heterocycles. The lowest BCUT2D eigenvalue weighted by atomic mass is 10.1. The molecule has 6 nitrogen and oxygen atoms in total. The van der Waals surface area contributed by atoms with E-state index in [9.17, 15) is 0 Å². The molecule has 0 atom stereocenters. The van der Waals surface area contributed by atoms with Gasteiger partial charge in [-0.1, -0.05) is 31.1 Å². The predicted molar refractivity (Wildman–Crippen MR) is 94.4 cm³/mol. The smallest absolute Gasteiger partial charge is 0.219 e. The molecule has 0 unspecified atom stereocenters. The van der Waals surface area contributed by atoms with Gasteiger partial charge >= 0.3 is 0 Å². The maximum Gasteiger partial charge on any atom is 0.219 e. The Morgan fingerprint density at radius 2 is 2.00 bits per heavy atom. The quantitative estimate of drug-likeness (QED) is 0.228. The molecule has 0 aliphatic carbocycles. The van der Waals surface area contributed by atoms with Gasteiger partial charge in [0.2, 0.25) is 5.88 Å². The summed E-state index contributed by atoms with van der Waals surface area (Å²) in [5, 5.41) is 15.0. The molecule has 2 aromatic rings. The van der Waals surface area contributed by atoms with Crippen molar-refractivity contribution in [1.29, 1.82) is 0 Å². The normalized spacial score (nSPS) is 11.7. The van der Waals surface area contributed by atoms with Crippen molar-refractivity contribution in [1.82, 2.24) is 10.3 Å². The summed E-state index contributed by atoms with van der Waals surface area (Å²) in [4.78, 5) is 4.14. The fourth-order valence-electron chi connectivity index (χ4n) is 2.07. The molecule has 6 heteroatoms. The molecule has 4 N–H and O–H groups in total. The Morgan fingerprint density at radius 3 is 2.58 bits per heavy atom. The van der Waals surface area contributed by atoms with Crippen molar-refractivity contribution >= 4 is 5.84 Å². The largest absolute Gasteiger partial charge is 0.439 e. The van der Waals surface area contributed by atoms with E-state index in [1.165, 1.54) is 18.2 Å². The summed E-state index contributed by atoms with van der Waals surface area (Å²) in [6.45, 7) is 6.31. The van der Waals surface area contributed by atoms with Gasteiger partial charge < -0.3 is 21.0 Å². The van der Waals surface area contributed by atoms with Crippen LogP contribution in [0.25, 0.3) is 0 Å². The summed E-state index contributed by atoms with van der Waals surface area (Å²) < 4.78 is 5.68. The number of amidine groups is 1. The zero-order chi connectivity index (χ0) is 17.4. The molecule has 24 heavy (non-hydrogen) atoms. The number of hydrogen-bond donors (Lipinski definition) is 3. The Balaban J connectivity index is 1.87. The van der Waals surface area contributed by atoms with Gasteiger partial charge in [-0.2, -0.15) is 0 Å². The average Bonchev–Trinajstić information content (AvgIpc) is 2.60. The zero-order valence-corrected chi connectivity index (χ0v) is 14.1. The van der Waals surface area contributed by atoms with Crippen LogP contribution in [0.1, 0.15) is 31.4 Å². The molecular formula is C18H24N4O2. The lowest BCUT2D eigenvalue weighted by Gasteiger charge is -2.08. The molecule has 128 valence electrons. The molecule has 0 saturated carbocycles. The van der Waals surface area contributed by atoms with Crippen molar-refractivity contribution in [2.45, 2.75) is 26.8 Å². The number of pyridine rings is 1. The summed E-state index contributed by atoms with van der Waals surface area (Å²) in [6.07, 6.45) is 2.67. The van der Waals surface area contributed by atoms with Gasteiger partial charge in [0.05, 0.1) is 0 Å². The van der Waals surface area contributed by atoms with Crippen LogP contribution >= 0.6 is 0 Å². The average molecular weight is 328 g/mol. The molecule has 1 aromatic carbocycles. The van der Waals surface area contributed by atoms with Crippen LogP contribution in [0.2, 0.25) is 0 Å². The Labute approximate surface area is 142 Å². The van der Waals surface area contributed by atoms with Crippen molar-refractivity contribution in [3.05, 3.63) is 53.7 Å². The van der Waals surface area contributed by atoms with Gasteiger partial charge in [0, 0.05) is 24.4 Å². The van der Waals surface area contributed by atoms with E-state index in [-0.39, 0.29) is 5.84 Å². The summed E-state index contributed by atoms with van der Waals surface area (Å²) in [5.74, 6) is 1.90. The number of nitrogens with two attached hydrogens (primary N) is 1. The van der Waals surface area contributed by atoms with E-state index in [0.717, 1.165) is 13.1 Å². The van der Waals surface area contributed by atoms with Crippen LogP contribution in [-0.4, -0.2) is 22.6 Å². The summed E-state index contributed by atoms with van der Waals surface area (Å²) in [7, 11) is 0. The molecule has 0 bridgehead atoms. The second-order valence-electron chi connectivity index (χ2n) is 5.98. The van der Waals surface area contributed by atoms with Crippen LogP contribution in [0.3, 0.4) is 0 Å². The van der Waals surface area contributed by atoms with E-state index >= 15 is 0 Å². The number of ether oxygens (including phenoxy) is 1. The van der Waals surface area contributed by atoms with Gasteiger partial charge in [-0.25, -0.2) is 4.98 Å². The molecule has 0 spiro atoms. The molecule has 2 rings (SSSR count). The van der Waals surface area contributed by atoms with Crippen molar-refractivity contribution < 1.29 is 9.94 Å². The highest BCUT2D eigenvalue weighted by Gasteiger charge is 2.03. The number of oxime groups is 1. The Kier molecular flexibility index (Phi) is 6.57. The standard InChI is InChI=1S/C18H24N4O2/c1-13(2)9-10-20-11-14-3-6-16(7-4-14)24-17-8-5-15(12-21-17)18(19)22-23/h3-8,12-13,20,23H,9-11H2,1-2H3,(H2,19,22). The monoisotopic (exact) mass is 328 g/mol. The van der Waals surface area contributed by atoms with Crippen LogP contribution in [0.5, 0.6) is 11.6 Å². The maximum absolute atomic E-state index is 8.62. The van der Waals surface area contributed by atoms with Crippen LogP contribution in [-0.2, 0) is 6.54 Å².